The average molecular weight is 141 g/mol. The summed E-state index contributed by atoms with van der Waals surface area (Å²) >= 11 is 0. The lowest BCUT2D eigenvalue weighted by Gasteiger charge is -2.10. The SMILES string of the molecule is C=C/C(=C\CN)C(N)NC. The summed E-state index contributed by atoms with van der Waals surface area (Å²) in [5.74, 6) is 0. The zero-order chi connectivity index (χ0) is 7.98. The molecule has 0 bridgehead atoms. The van der Waals surface area contributed by atoms with Crippen molar-refractivity contribution in [2.24, 2.45) is 11.5 Å². The van der Waals surface area contributed by atoms with E-state index in [2.05, 4.69) is 11.9 Å². The van der Waals surface area contributed by atoms with Crippen molar-refractivity contribution in [3.05, 3.63) is 24.3 Å². The lowest BCUT2D eigenvalue weighted by Crippen LogP contribution is -2.35. The Morgan fingerprint density at radius 2 is 2.40 bits per heavy atom. The Morgan fingerprint density at radius 1 is 1.80 bits per heavy atom. The van der Waals surface area contributed by atoms with Crippen LogP contribution in [0.15, 0.2) is 24.3 Å². The first-order chi connectivity index (χ1) is 4.76. The maximum absolute atomic E-state index is 5.61. The van der Waals surface area contributed by atoms with Gasteiger partial charge in [0, 0.05) is 6.54 Å². The molecule has 0 radical (unpaired) electrons. The van der Waals surface area contributed by atoms with Crippen LogP contribution in [0.3, 0.4) is 0 Å². The fraction of sp³-hybridized carbons (Fsp3) is 0.429. The van der Waals surface area contributed by atoms with Crippen LogP contribution in [-0.2, 0) is 0 Å². The van der Waals surface area contributed by atoms with Gasteiger partial charge in [-0.1, -0.05) is 18.7 Å². The Kier molecular flexibility index (Phi) is 4.84. The summed E-state index contributed by atoms with van der Waals surface area (Å²) in [6.45, 7) is 4.10. The van der Waals surface area contributed by atoms with Crippen LogP contribution in [0.4, 0.5) is 0 Å². The van der Waals surface area contributed by atoms with Crippen LogP contribution >= 0.6 is 0 Å². The Hall–Kier alpha value is -0.640. The summed E-state index contributed by atoms with van der Waals surface area (Å²) in [5, 5.41) is 2.88. The molecule has 0 aliphatic rings. The summed E-state index contributed by atoms with van der Waals surface area (Å²) in [6, 6.07) is 0. The Labute approximate surface area is 61.8 Å². The van der Waals surface area contributed by atoms with E-state index in [1.807, 2.05) is 6.08 Å². The highest BCUT2D eigenvalue weighted by atomic mass is 15.0. The maximum Gasteiger partial charge on any atom is 0.0804 e. The molecular weight excluding hydrogens is 126 g/mol. The van der Waals surface area contributed by atoms with Crippen LogP contribution in [0, 0.1) is 0 Å². The topological polar surface area (TPSA) is 64.1 Å². The fourth-order valence-corrected chi connectivity index (χ4v) is 0.640. The largest absolute Gasteiger partial charge is 0.327 e. The van der Waals surface area contributed by atoms with Gasteiger partial charge >= 0.3 is 0 Å². The summed E-state index contributed by atoms with van der Waals surface area (Å²) in [5.41, 5.74) is 11.8. The van der Waals surface area contributed by atoms with Crippen molar-refractivity contribution in [1.82, 2.24) is 5.32 Å². The molecule has 58 valence electrons. The lowest BCUT2D eigenvalue weighted by molar-refractivity contribution is 0.674. The van der Waals surface area contributed by atoms with Crippen molar-refractivity contribution < 1.29 is 0 Å². The van der Waals surface area contributed by atoms with Gasteiger partial charge in [-0.25, -0.2) is 0 Å². The van der Waals surface area contributed by atoms with E-state index in [1.165, 1.54) is 0 Å². The molecule has 0 heterocycles. The number of rotatable bonds is 4. The van der Waals surface area contributed by atoms with Crippen LogP contribution in [0.2, 0.25) is 0 Å². The number of nitrogens with one attached hydrogen (secondary N) is 1. The van der Waals surface area contributed by atoms with E-state index in [9.17, 15) is 0 Å². The molecule has 0 rings (SSSR count). The van der Waals surface area contributed by atoms with Crippen molar-refractivity contribution in [3.63, 3.8) is 0 Å². The van der Waals surface area contributed by atoms with E-state index in [1.54, 1.807) is 13.1 Å². The maximum atomic E-state index is 5.61. The molecule has 0 aromatic carbocycles. The molecular formula is C7H15N3. The van der Waals surface area contributed by atoms with E-state index >= 15 is 0 Å². The van der Waals surface area contributed by atoms with Crippen molar-refractivity contribution in [1.29, 1.82) is 0 Å². The van der Waals surface area contributed by atoms with Gasteiger partial charge in [0.05, 0.1) is 6.17 Å². The first kappa shape index (κ1) is 9.36. The predicted molar refractivity (Wildman–Crippen MR) is 44.4 cm³/mol. The lowest BCUT2D eigenvalue weighted by atomic mass is 10.2. The second kappa shape index (κ2) is 5.17. The summed E-state index contributed by atoms with van der Waals surface area (Å²) < 4.78 is 0. The summed E-state index contributed by atoms with van der Waals surface area (Å²) in [6.07, 6.45) is 3.39. The number of likely N-dealkylation sites (N-methyl/N-ethyl adjacent to an activating group) is 1. The third kappa shape index (κ3) is 2.77. The molecule has 0 amide bonds. The van der Waals surface area contributed by atoms with Crippen molar-refractivity contribution >= 4 is 0 Å². The van der Waals surface area contributed by atoms with Crippen LogP contribution in [0.1, 0.15) is 0 Å². The highest BCUT2D eigenvalue weighted by molar-refractivity contribution is 5.21. The second-order valence-corrected chi connectivity index (χ2v) is 1.91. The molecule has 0 saturated heterocycles. The first-order valence-corrected chi connectivity index (χ1v) is 3.21. The van der Waals surface area contributed by atoms with Gasteiger partial charge in [-0.15, -0.1) is 0 Å². The third-order valence-corrected chi connectivity index (χ3v) is 1.26. The van der Waals surface area contributed by atoms with Crippen molar-refractivity contribution in [2.75, 3.05) is 13.6 Å². The van der Waals surface area contributed by atoms with Crippen LogP contribution in [-0.4, -0.2) is 19.8 Å². The van der Waals surface area contributed by atoms with Gasteiger partial charge in [0.2, 0.25) is 0 Å². The van der Waals surface area contributed by atoms with Gasteiger partial charge in [0.1, 0.15) is 0 Å². The molecule has 0 spiro atoms. The monoisotopic (exact) mass is 141 g/mol. The van der Waals surface area contributed by atoms with Gasteiger partial charge in [0.25, 0.3) is 0 Å². The van der Waals surface area contributed by atoms with E-state index in [0.29, 0.717) is 6.54 Å². The zero-order valence-electron chi connectivity index (χ0n) is 6.30. The molecule has 5 N–H and O–H groups in total. The number of hydrogen-bond donors (Lipinski definition) is 3. The standard InChI is InChI=1S/C7H15N3/c1-3-6(4-5-8)7(9)10-2/h3-4,7,10H,1,5,8-9H2,2H3/b6-4+. The Bertz CT molecular complexity index is 129. The summed E-state index contributed by atoms with van der Waals surface area (Å²) in [4.78, 5) is 0. The normalized spacial score (nSPS) is 14.9. The van der Waals surface area contributed by atoms with Crippen LogP contribution in [0.25, 0.3) is 0 Å². The molecule has 3 heteroatoms. The quantitative estimate of drug-likeness (QED) is 0.367. The fourth-order valence-electron chi connectivity index (χ4n) is 0.640. The van der Waals surface area contributed by atoms with E-state index < -0.39 is 0 Å². The summed E-state index contributed by atoms with van der Waals surface area (Å²) in [7, 11) is 1.79. The van der Waals surface area contributed by atoms with Gasteiger partial charge in [-0.2, -0.15) is 0 Å². The van der Waals surface area contributed by atoms with E-state index in [0.717, 1.165) is 5.57 Å². The Morgan fingerprint density at radius 3 is 2.70 bits per heavy atom. The minimum absolute atomic E-state index is 0.152. The molecule has 0 fully saturated rings. The van der Waals surface area contributed by atoms with Crippen molar-refractivity contribution in [3.8, 4) is 0 Å². The highest BCUT2D eigenvalue weighted by Gasteiger charge is 1.99. The van der Waals surface area contributed by atoms with Crippen LogP contribution < -0.4 is 16.8 Å². The minimum Gasteiger partial charge on any atom is -0.327 e. The van der Waals surface area contributed by atoms with Gasteiger partial charge in [0.15, 0.2) is 0 Å². The average Bonchev–Trinajstić information content (AvgIpc) is 1.99. The molecule has 1 unspecified atom stereocenters. The molecule has 0 saturated carbocycles. The Balaban J connectivity index is 4.05. The number of nitrogens with two attached hydrogens (primary N) is 2. The highest BCUT2D eigenvalue weighted by Crippen LogP contribution is 1.95. The number of hydrogen-bond acceptors (Lipinski definition) is 3. The van der Waals surface area contributed by atoms with E-state index in [4.69, 9.17) is 11.5 Å². The second-order valence-electron chi connectivity index (χ2n) is 1.91. The molecule has 0 aromatic heterocycles. The van der Waals surface area contributed by atoms with Crippen molar-refractivity contribution in [2.45, 2.75) is 6.17 Å². The predicted octanol–water partition coefficient (Wildman–Crippen LogP) is -0.438. The molecule has 0 aromatic rings. The molecule has 3 nitrogen and oxygen atoms in total. The van der Waals surface area contributed by atoms with Crippen LogP contribution in [0.5, 0.6) is 0 Å². The smallest absolute Gasteiger partial charge is 0.0804 e. The molecule has 1 atom stereocenters. The molecule has 0 aliphatic carbocycles. The minimum atomic E-state index is -0.152. The van der Waals surface area contributed by atoms with Gasteiger partial charge < -0.3 is 16.8 Å². The molecule has 0 aliphatic heterocycles. The first-order valence-electron chi connectivity index (χ1n) is 3.21. The zero-order valence-corrected chi connectivity index (χ0v) is 6.30. The molecule has 10 heavy (non-hydrogen) atoms. The van der Waals surface area contributed by atoms with Gasteiger partial charge in [-0.3, -0.25) is 0 Å². The van der Waals surface area contributed by atoms with Gasteiger partial charge in [-0.05, 0) is 12.6 Å². The van der Waals surface area contributed by atoms with E-state index in [-0.39, 0.29) is 6.17 Å². The third-order valence-electron chi connectivity index (χ3n) is 1.26.